The van der Waals surface area contributed by atoms with Crippen molar-refractivity contribution in [2.45, 2.75) is 12.1 Å². The van der Waals surface area contributed by atoms with Crippen molar-refractivity contribution >= 4 is 15.6 Å². The lowest BCUT2D eigenvalue weighted by Gasteiger charge is -2.28. The second-order valence-electron chi connectivity index (χ2n) is 4.39. The molecule has 1 aliphatic carbocycles. The van der Waals surface area contributed by atoms with Crippen LogP contribution in [0, 0.1) is 0 Å². The first-order valence-corrected chi connectivity index (χ1v) is 7.42. The molecule has 1 atom stereocenters. The minimum absolute atomic E-state index is 0.209. The van der Waals surface area contributed by atoms with Crippen LogP contribution < -0.4 is 4.72 Å². The highest BCUT2D eigenvalue weighted by molar-refractivity contribution is 7.88. The molecule has 2 N–H and O–H groups in total. The Hall–Kier alpha value is -1.43. The normalized spacial score (nSPS) is 23.8. The predicted molar refractivity (Wildman–Crippen MR) is 71.1 cm³/mol. The molecule has 1 aliphatic rings. The standard InChI is InChI=1S/C13H15NO3S/c1-18(16,17)14-13(15)9-5-8-12(10-13)11-6-3-2-4-7-11/h2-9,14-15H,10H2,1H3. The lowest BCUT2D eigenvalue weighted by atomic mass is 9.92. The second kappa shape index (κ2) is 4.68. The van der Waals surface area contributed by atoms with E-state index >= 15 is 0 Å². The van der Waals surface area contributed by atoms with E-state index in [9.17, 15) is 13.5 Å². The maximum absolute atomic E-state index is 11.2. The summed E-state index contributed by atoms with van der Waals surface area (Å²) in [6.07, 6.45) is 6.21. The van der Waals surface area contributed by atoms with Gasteiger partial charge in [-0.15, -0.1) is 0 Å². The van der Waals surface area contributed by atoms with Crippen LogP contribution in [0.2, 0.25) is 0 Å². The van der Waals surface area contributed by atoms with E-state index in [1.807, 2.05) is 36.4 Å². The molecule has 0 spiro atoms. The monoisotopic (exact) mass is 265 g/mol. The van der Waals surface area contributed by atoms with Crippen molar-refractivity contribution in [3.05, 3.63) is 54.1 Å². The summed E-state index contributed by atoms with van der Waals surface area (Å²) in [6, 6.07) is 9.55. The van der Waals surface area contributed by atoms with Gasteiger partial charge < -0.3 is 5.11 Å². The van der Waals surface area contributed by atoms with Crippen molar-refractivity contribution in [1.29, 1.82) is 0 Å². The van der Waals surface area contributed by atoms with Crippen molar-refractivity contribution in [3.63, 3.8) is 0 Å². The summed E-state index contributed by atoms with van der Waals surface area (Å²) in [5.41, 5.74) is 0.306. The molecule has 2 rings (SSSR count). The Bertz CT molecular complexity index is 590. The Labute approximate surface area is 107 Å². The van der Waals surface area contributed by atoms with Gasteiger partial charge in [-0.05, 0) is 17.2 Å². The Balaban J connectivity index is 2.24. The molecule has 18 heavy (non-hydrogen) atoms. The van der Waals surface area contributed by atoms with E-state index in [2.05, 4.69) is 4.72 Å². The van der Waals surface area contributed by atoms with Crippen molar-refractivity contribution in [2.75, 3.05) is 6.26 Å². The van der Waals surface area contributed by atoms with Crippen molar-refractivity contribution in [3.8, 4) is 0 Å². The van der Waals surface area contributed by atoms with Gasteiger partial charge in [-0.2, -0.15) is 4.72 Å². The molecular formula is C13H15NO3S. The van der Waals surface area contributed by atoms with Crippen LogP contribution in [0.15, 0.2) is 48.6 Å². The molecule has 5 heteroatoms. The first kappa shape index (κ1) is 13.0. The zero-order chi connectivity index (χ0) is 13.2. The summed E-state index contributed by atoms with van der Waals surface area (Å²) in [5, 5.41) is 10.2. The Morgan fingerprint density at radius 3 is 2.56 bits per heavy atom. The maximum atomic E-state index is 11.2. The summed E-state index contributed by atoms with van der Waals surface area (Å²) in [7, 11) is -3.47. The molecule has 4 nitrogen and oxygen atoms in total. The Morgan fingerprint density at radius 2 is 1.94 bits per heavy atom. The number of nitrogens with one attached hydrogen (secondary N) is 1. The van der Waals surface area contributed by atoms with Crippen LogP contribution in [0.4, 0.5) is 0 Å². The second-order valence-corrected chi connectivity index (χ2v) is 6.14. The van der Waals surface area contributed by atoms with E-state index in [-0.39, 0.29) is 6.42 Å². The molecule has 0 bridgehead atoms. The van der Waals surface area contributed by atoms with E-state index in [4.69, 9.17) is 0 Å². The number of hydrogen-bond acceptors (Lipinski definition) is 3. The summed E-state index contributed by atoms with van der Waals surface area (Å²) in [5.74, 6) is 0. The van der Waals surface area contributed by atoms with Gasteiger partial charge in [0.2, 0.25) is 10.0 Å². The van der Waals surface area contributed by atoms with Gasteiger partial charge >= 0.3 is 0 Å². The average molecular weight is 265 g/mol. The van der Waals surface area contributed by atoms with Gasteiger partial charge in [0.25, 0.3) is 0 Å². The molecule has 96 valence electrons. The van der Waals surface area contributed by atoms with E-state index in [1.54, 1.807) is 6.08 Å². The molecule has 0 saturated carbocycles. The fourth-order valence-electron chi connectivity index (χ4n) is 1.97. The summed E-state index contributed by atoms with van der Waals surface area (Å²) >= 11 is 0. The lowest BCUT2D eigenvalue weighted by Crippen LogP contribution is -2.47. The summed E-state index contributed by atoms with van der Waals surface area (Å²) < 4.78 is 24.7. The van der Waals surface area contributed by atoms with E-state index in [0.29, 0.717) is 0 Å². The van der Waals surface area contributed by atoms with Crippen molar-refractivity contribution < 1.29 is 13.5 Å². The molecular weight excluding hydrogens is 250 g/mol. The van der Waals surface area contributed by atoms with Gasteiger partial charge in [-0.1, -0.05) is 42.5 Å². The minimum atomic E-state index is -3.47. The maximum Gasteiger partial charge on any atom is 0.211 e. The van der Waals surface area contributed by atoms with Gasteiger partial charge in [-0.3, -0.25) is 0 Å². The third-order valence-electron chi connectivity index (χ3n) is 2.64. The smallest absolute Gasteiger partial charge is 0.211 e. The number of sulfonamides is 1. The fraction of sp³-hybridized carbons (Fsp3) is 0.231. The minimum Gasteiger partial charge on any atom is -0.371 e. The van der Waals surface area contributed by atoms with Crippen LogP contribution in [0.5, 0.6) is 0 Å². The third-order valence-corrected chi connectivity index (χ3v) is 3.36. The topological polar surface area (TPSA) is 66.4 Å². The quantitative estimate of drug-likeness (QED) is 0.809. The molecule has 0 radical (unpaired) electrons. The zero-order valence-corrected chi connectivity index (χ0v) is 10.8. The number of allylic oxidation sites excluding steroid dienone is 2. The molecule has 0 aromatic heterocycles. The molecule has 1 aromatic rings. The zero-order valence-electron chi connectivity index (χ0n) is 10.00. The number of aliphatic hydroxyl groups is 1. The van der Waals surface area contributed by atoms with Crippen LogP contribution in [0.3, 0.4) is 0 Å². The lowest BCUT2D eigenvalue weighted by molar-refractivity contribution is 0.0843. The van der Waals surface area contributed by atoms with Crippen LogP contribution >= 0.6 is 0 Å². The van der Waals surface area contributed by atoms with Crippen LogP contribution in [0.1, 0.15) is 12.0 Å². The number of hydrogen-bond donors (Lipinski definition) is 2. The summed E-state index contributed by atoms with van der Waals surface area (Å²) in [6.45, 7) is 0. The van der Waals surface area contributed by atoms with Crippen LogP contribution in [-0.2, 0) is 10.0 Å². The van der Waals surface area contributed by atoms with Gasteiger partial charge in [0, 0.05) is 6.42 Å². The molecule has 0 heterocycles. The molecule has 0 fully saturated rings. The van der Waals surface area contributed by atoms with Crippen LogP contribution in [-0.4, -0.2) is 25.5 Å². The highest BCUT2D eigenvalue weighted by Gasteiger charge is 2.30. The van der Waals surface area contributed by atoms with E-state index < -0.39 is 15.7 Å². The number of rotatable bonds is 3. The predicted octanol–water partition coefficient (Wildman–Crippen LogP) is 1.27. The summed E-state index contributed by atoms with van der Waals surface area (Å²) in [4.78, 5) is 0. The highest BCUT2D eigenvalue weighted by atomic mass is 32.2. The van der Waals surface area contributed by atoms with E-state index in [1.165, 1.54) is 6.08 Å². The van der Waals surface area contributed by atoms with E-state index in [0.717, 1.165) is 17.4 Å². The Kier molecular flexibility index (Phi) is 3.38. The third kappa shape index (κ3) is 3.29. The van der Waals surface area contributed by atoms with Crippen LogP contribution in [0.25, 0.3) is 5.57 Å². The van der Waals surface area contributed by atoms with Gasteiger partial charge in [0.15, 0.2) is 5.72 Å². The molecule has 0 amide bonds. The van der Waals surface area contributed by atoms with Gasteiger partial charge in [0.1, 0.15) is 0 Å². The average Bonchev–Trinajstić information content (AvgIpc) is 2.27. The molecule has 0 aliphatic heterocycles. The fourth-order valence-corrected chi connectivity index (χ4v) is 2.76. The molecule has 1 unspecified atom stereocenters. The highest BCUT2D eigenvalue weighted by Crippen LogP contribution is 2.28. The number of benzene rings is 1. The van der Waals surface area contributed by atoms with Crippen molar-refractivity contribution in [1.82, 2.24) is 4.72 Å². The van der Waals surface area contributed by atoms with Gasteiger partial charge in [-0.25, -0.2) is 8.42 Å². The first-order valence-electron chi connectivity index (χ1n) is 5.53. The van der Waals surface area contributed by atoms with Gasteiger partial charge in [0.05, 0.1) is 6.26 Å². The Morgan fingerprint density at radius 1 is 1.28 bits per heavy atom. The SMILES string of the molecule is CS(=O)(=O)NC1(O)C=CC=C(c2ccccc2)C1. The van der Waals surface area contributed by atoms with Crippen molar-refractivity contribution in [2.24, 2.45) is 0 Å². The first-order chi connectivity index (χ1) is 8.38. The largest absolute Gasteiger partial charge is 0.371 e. The molecule has 0 saturated heterocycles. The molecule has 1 aromatic carbocycles.